The van der Waals surface area contributed by atoms with Crippen molar-refractivity contribution < 1.29 is 4.92 Å². The number of hydrogen-bond acceptors (Lipinski definition) is 6. The van der Waals surface area contributed by atoms with Gasteiger partial charge in [-0.1, -0.05) is 12.1 Å². The molecule has 3 aromatic rings. The van der Waals surface area contributed by atoms with Crippen molar-refractivity contribution in [2.24, 2.45) is 0 Å². The van der Waals surface area contributed by atoms with Gasteiger partial charge in [0.1, 0.15) is 5.82 Å². The van der Waals surface area contributed by atoms with E-state index in [2.05, 4.69) is 19.9 Å². The summed E-state index contributed by atoms with van der Waals surface area (Å²) in [7, 11) is 0. The summed E-state index contributed by atoms with van der Waals surface area (Å²) in [6.45, 7) is 1.66. The minimum Gasteiger partial charge on any atom is -0.311 e. The van der Waals surface area contributed by atoms with Crippen LogP contribution in [0.4, 0.5) is 5.69 Å². The van der Waals surface area contributed by atoms with E-state index in [0.29, 0.717) is 28.3 Å². The van der Waals surface area contributed by atoms with Crippen molar-refractivity contribution in [1.82, 2.24) is 19.9 Å². The minimum absolute atomic E-state index is 0.0498. The second kappa shape index (κ2) is 6.13. The lowest BCUT2D eigenvalue weighted by atomic mass is 9.79. The molecule has 9 nitrogen and oxygen atoms in total. The Morgan fingerprint density at radius 3 is 2.30 bits per heavy atom. The van der Waals surface area contributed by atoms with Gasteiger partial charge in [-0.25, -0.2) is 9.97 Å². The molecular weight excluding hydrogens is 374 g/mol. The molecule has 2 heterocycles. The molecule has 0 fully saturated rings. The van der Waals surface area contributed by atoms with Crippen LogP contribution < -0.4 is 11.1 Å². The highest BCUT2D eigenvalue weighted by molar-refractivity contribution is 6.28. The Bertz CT molecular complexity index is 1130. The number of aromatic nitrogens is 4. The van der Waals surface area contributed by atoms with Gasteiger partial charge in [0, 0.05) is 24.5 Å². The molecule has 0 saturated carbocycles. The molecule has 136 valence electrons. The quantitative estimate of drug-likeness (QED) is 0.307. The fraction of sp³-hybridized carbons (Fsp3) is 0.176. The molecule has 27 heavy (non-hydrogen) atoms. The lowest BCUT2D eigenvalue weighted by Crippen LogP contribution is -2.33. The number of fused-ring (bicyclic) bond motifs is 2. The summed E-state index contributed by atoms with van der Waals surface area (Å²) in [5, 5.41) is 10.9. The Balaban J connectivity index is 2.02. The Kier molecular flexibility index (Phi) is 3.88. The number of halogens is 1. The number of H-pyrrole nitrogens is 2. The first kappa shape index (κ1) is 17.1. The van der Waals surface area contributed by atoms with E-state index in [1.165, 1.54) is 24.3 Å². The van der Waals surface area contributed by atoms with Crippen molar-refractivity contribution >= 4 is 17.3 Å². The summed E-state index contributed by atoms with van der Waals surface area (Å²) >= 11 is 5.89. The second-order valence-electron chi connectivity index (χ2n) is 6.19. The molecule has 4 rings (SSSR count). The first-order chi connectivity index (χ1) is 12.8. The molecule has 0 saturated heterocycles. The van der Waals surface area contributed by atoms with Crippen LogP contribution in [0.15, 0.2) is 33.9 Å². The van der Waals surface area contributed by atoms with Gasteiger partial charge in [-0.2, -0.15) is 0 Å². The Labute approximate surface area is 156 Å². The van der Waals surface area contributed by atoms with E-state index in [1.54, 1.807) is 6.92 Å². The number of nitro benzene ring substituents is 1. The van der Waals surface area contributed by atoms with Crippen LogP contribution >= 0.6 is 11.6 Å². The number of nitrogens with zero attached hydrogens (tertiary/aromatic N) is 3. The third-order valence-electron chi connectivity index (χ3n) is 4.51. The largest absolute Gasteiger partial charge is 0.311 e. The number of non-ortho nitro benzene ring substituents is 1. The highest BCUT2D eigenvalue weighted by Crippen LogP contribution is 2.36. The highest BCUT2D eigenvalue weighted by atomic mass is 35.5. The van der Waals surface area contributed by atoms with Crippen molar-refractivity contribution in [2.45, 2.75) is 19.3 Å². The number of benzene rings is 1. The molecule has 0 amide bonds. The number of hydrogen-bond donors (Lipinski definition) is 2. The van der Waals surface area contributed by atoms with Gasteiger partial charge in [-0.15, -0.1) is 0 Å². The SMILES string of the molecule is Cc1nc2c(c(=O)[nH]1)C(c1ccc([N+](=O)[O-])cc1)c1c(nc(Cl)[nH]c1=O)C2. The van der Waals surface area contributed by atoms with Crippen molar-refractivity contribution in [3.05, 3.63) is 94.3 Å². The molecule has 1 aromatic carbocycles. The maximum absolute atomic E-state index is 12.7. The molecule has 1 unspecified atom stereocenters. The van der Waals surface area contributed by atoms with E-state index in [9.17, 15) is 19.7 Å². The van der Waals surface area contributed by atoms with E-state index in [0.717, 1.165) is 0 Å². The van der Waals surface area contributed by atoms with Gasteiger partial charge in [0.2, 0.25) is 5.28 Å². The van der Waals surface area contributed by atoms with E-state index in [4.69, 9.17) is 11.6 Å². The van der Waals surface area contributed by atoms with Crippen LogP contribution in [0.3, 0.4) is 0 Å². The number of aryl methyl sites for hydroxylation is 1. The maximum atomic E-state index is 12.7. The standard InChI is InChI=1S/C17H12ClN5O4/c1-7-19-10-6-11-14(16(25)22-17(18)21-11)12(13(10)15(24)20-7)8-2-4-9(5-3-8)23(26)27/h2-5,12H,6H2,1H3,(H,19,20,24)(H,21,22,25). The predicted molar refractivity (Wildman–Crippen MR) is 96.3 cm³/mol. The zero-order valence-corrected chi connectivity index (χ0v) is 14.7. The van der Waals surface area contributed by atoms with Crippen molar-refractivity contribution in [3.63, 3.8) is 0 Å². The summed E-state index contributed by atoms with van der Waals surface area (Å²) in [4.78, 5) is 49.4. The molecule has 2 N–H and O–H groups in total. The second-order valence-corrected chi connectivity index (χ2v) is 6.55. The fourth-order valence-corrected chi connectivity index (χ4v) is 3.63. The van der Waals surface area contributed by atoms with Gasteiger partial charge in [0.25, 0.3) is 16.8 Å². The number of rotatable bonds is 2. The molecular formula is C17H12ClN5O4. The van der Waals surface area contributed by atoms with E-state index >= 15 is 0 Å². The number of nitrogens with one attached hydrogen (secondary N) is 2. The average molecular weight is 386 g/mol. The van der Waals surface area contributed by atoms with Crippen LogP contribution in [-0.4, -0.2) is 24.9 Å². The number of aromatic amines is 2. The molecule has 1 aliphatic carbocycles. The molecule has 0 spiro atoms. The van der Waals surface area contributed by atoms with Crippen LogP contribution in [0, 0.1) is 17.0 Å². The highest BCUT2D eigenvalue weighted by Gasteiger charge is 2.34. The first-order valence-corrected chi connectivity index (χ1v) is 8.35. The van der Waals surface area contributed by atoms with Crippen LogP contribution in [0.5, 0.6) is 0 Å². The molecule has 1 aliphatic rings. The zero-order chi connectivity index (χ0) is 19.3. The smallest absolute Gasteiger partial charge is 0.269 e. The summed E-state index contributed by atoms with van der Waals surface area (Å²) in [6.07, 6.45) is 0.197. The molecule has 2 aromatic heterocycles. The van der Waals surface area contributed by atoms with Gasteiger partial charge in [0.15, 0.2) is 0 Å². The molecule has 0 bridgehead atoms. The van der Waals surface area contributed by atoms with Crippen LogP contribution in [0.1, 0.15) is 39.8 Å². The average Bonchev–Trinajstić information content (AvgIpc) is 2.59. The first-order valence-electron chi connectivity index (χ1n) is 7.97. The monoisotopic (exact) mass is 385 g/mol. The molecule has 0 radical (unpaired) electrons. The Morgan fingerprint density at radius 1 is 1.07 bits per heavy atom. The minimum atomic E-state index is -0.755. The molecule has 0 aliphatic heterocycles. The van der Waals surface area contributed by atoms with E-state index in [1.807, 2.05) is 0 Å². The van der Waals surface area contributed by atoms with Crippen molar-refractivity contribution in [1.29, 1.82) is 0 Å². The topological polar surface area (TPSA) is 135 Å². The summed E-state index contributed by atoms with van der Waals surface area (Å²) in [6, 6.07) is 5.71. The Morgan fingerprint density at radius 2 is 1.67 bits per heavy atom. The van der Waals surface area contributed by atoms with Crippen molar-refractivity contribution in [3.8, 4) is 0 Å². The Hall–Kier alpha value is -3.33. The summed E-state index contributed by atoms with van der Waals surface area (Å²) in [5.74, 6) is -0.310. The lowest BCUT2D eigenvalue weighted by molar-refractivity contribution is -0.384. The third kappa shape index (κ3) is 2.81. The van der Waals surface area contributed by atoms with Crippen LogP contribution in [0.2, 0.25) is 5.28 Å². The summed E-state index contributed by atoms with van der Waals surface area (Å²) in [5.41, 5.74) is 1.19. The maximum Gasteiger partial charge on any atom is 0.269 e. The van der Waals surface area contributed by atoms with Gasteiger partial charge >= 0.3 is 0 Å². The van der Waals surface area contributed by atoms with E-state index < -0.39 is 16.4 Å². The fourth-order valence-electron chi connectivity index (χ4n) is 3.44. The summed E-state index contributed by atoms with van der Waals surface area (Å²) < 4.78 is 0. The normalized spacial score (nSPS) is 15.1. The van der Waals surface area contributed by atoms with Crippen molar-refractivity contribution in [2.75, 3.05) is 0 Å². The van der Waals surface area contributed by atoms with Gasteiger partial charge < -0.3 is 4.98 Å². The van der Waals surface area contributed by atoms with Gasteiger partial charge in [-0.05, 0) is 24.1 Å². The number of nitro groups is 1. The molecule has 1 atom stereocenters. The molecule has 10 heteroatoms. The van der Waals surface area contributed by atoms with Crippen LogP contribution in [-0.2, 0) is 6.42 Å². The third-order valence-corrected chi connectivity index (χ3v) is 4.69. The zero-order valence-electron chi connectivity index (χ0n) is 13.9. The van der Waals surface area contributed by atoms with Gasteiger partial charge in [-0.3, -0.25) is 24.7 Å². The van der Waals surface area contributed by atoms with Gasteiger partial charge in [0.05, 0.1) is 27.4 Å². The van der Waals surface area contributed by atoms with Crippen LogP contribution in [0.25, 0.3) is 0 Å². The lowest BCUT2D eigenvalue weighted by Gasteiger charge is -2.26. The predicted octanol–water partition coefficient (Wildman–Crippen LogP) is 1.81. The van der Waals surface area contributed by atoms with E-state index in [-0.39, 0.29) is 28.5 Å².